The van der Waals surface area contributed by atoms with E-state index in [2.05, 4.69) is 32.9 Å². The second-order valence-corrected chi connectivity index (χ2v) is 8.22. The summed E-state index contributed by atoms with van der Waals surface area (Å²) < 4.78 is 10.6. The fourth-order valence-corrected chi connectivity index (χ4v) is 3.17. The first-order valence-corrected chi connectivity index (χ1v) is 9.99. The number of carbonyl (C=O) groups is 1. The second kappa shape index (κ2) is 9.19. The molecule has 1 aromatic heterocycles. The molecule has 0 bridgehead atoms. The van der Waals surface area contributed by atoms with Crippen LogP contribution in [0.25, 0.3) is 0 Å². The highest BCUT2D eigenvalue weighted by molar-refractivity contribution is 5.67. The second-order valence-electron chi connectivity index (χ2n) is 8.22. The lowest BCUT2D eigenvalue weighted by atomic mass is 10.1. The smallest absolute Gasteiger partial charge is 0.407 e. The predicted octanol–water partition coefficient (Wildman–Crippen LogP) is 3.69. The monoisotopic (exact) mass is 386 g/mol. The number of benzene rings is 1. The van der Waals surface area contributed by atoms with Gasteiger partial charge < -0.3 is 19.9 Å². The van der Waals surface area contributed by atoms with Crippen LogP contribution in [0.1, 0.15) is 68.9 Å². The summed E-state index contributed by atoms with van der Waals surface area (Å²) in [5, 5.41) is 10.2. The summed E-state index contributed by atoms with van der Waals surface area (Å²) in [6.45, 7) is 7.02. The van der Waals surface area contributed by atoms with Crippen molar-refractivity contribution in [2.75, 3.05) is 6.54 Å². The lowest BCUT2D eigenvalue weighted by Gasteiger charge is -2.19. The number of hydrogen-bond acceptors (Lipinski definition) is 6. The van der Waals surface area contributed by atoms with Crippen molar-refractivity contribution in [3.8, 4) is 0 Å². The highest BCUT2D eigenvalue weighted by atomic mass is 16.6. The fraction of sp³-hybridized carbons (Fsp3) is 0.571. The van der Waals surface area contributed by atoms with Crippen molar-refractivity contribution in [3.63, 3.8) is 0 Å². The number of ether oxygens (including phenoxy) is 1. The highest BCUT2D eigenvalue weighted by Crippen LogP contribution is 2.21. The van der Waals surface area contributed by atoms with Crippen molar-refractivity contribution in [1.82, 2.24) is 20.8 Å². The van der Waals surface area contributed by atoms with E-state index in [0.717, 1.165) is 50.0 Å². The minimum Gasteiger partial charge on any atom is -0.444 e. The maximum Gasteiger partial charge on any atom is 0.407 e. The number of nitrogens with zero attached hydrogens (tertiary/aromatic N) is 2. The van der Waals surface area contributed by atoms with Crippen LogP contribution in [-0.2, 0) is 24.1 Å². The number of hydrogen-bond donors (Lipinski definition) is 2. The standard InChI is InChI=1S/C21H30N4O3/c1-21(2,3)27-20(26)23-14-16-11-9-15(10-12-16)6-4-8-18-24-19(28-25-18)17-7-5-13-22-17/h9-12,17,22H,4-8,13-14H2,1-3H3,(H,23,26)/t17-/m0/s1. The maximum atomic E-state index is 11.7. The van der Waals surface area contributed by atoms with E-state index in [1.54, 1.807) is 0 Å². The first-order chi connectivity index (χ1) is 13.4. The summed E-state index contributed by atoms with van der Waals surface area (Å²) in [5.41, 5.74) is 1.81. The Balaban J connectivity index is 1.39. The van der Waals surface area contributed by atoms with E-state index in [1.807, 2.05) is 32.9 Å². The molecule has 2 N–H and O–H groups in total. The van der Waals surface area contributed by atoms with Gasteiger partial charge in [0.05, 0.1) is 6.04 Å². The van der Waals surface area contributed by atoms with Gasteiger partial charge in [0.25, 0.3) is 0 Å². The zero-order valence-electron chi connectivity index (χ0n) is 17.0. The third-order valence-corrected chi connectivity index (χ3v) is 4.57. The number of alkyl carbamates (subject to hydrolysis) is 1. The van der Waals surface area contributed by atoms with Gasteiger partial charge in [0.2, 0.25) is 5.89 Å². The third kappa shape index (κ3) is 6.34. The lowest BCUT2D eigenvalue weighted by Crippen LogP contribution is -2.32. The summed E-state index contributed by atoms with van der Waals surface area (Å²) in [6.07, 6.45) is 4.54. The van der Waals surface area contributed by atoms with Crippen LogP contribution in [0.5, 0.6) is 0 Å². The molecule has 1 fully saturated rings. The van der Waals surface area contributed by atoms with Gasteiger partial charge in [-0.15, -0.1) is 0 Å². The Hall–Kier alpha value is -2.41. The topological polar surface area (TPSA) is 89.3 Å². The summed E-state index contributed by atoms with van der Waals surface area (Å²) in [6, 6.07) is 8.48. The molecule has 7 heteroatoms. The minimum absolute atomic E-state index is 0.225. The van der Waals surface area contributed by atoms with E-state index >= 15 is 0 Å². The largest absolute Gasteiger partial charge is 0.444 e. The number of aromatic nitrogens is 2. The van der Waals surface area contributed by atoms with Gasteiger partial charge in [-0.25, -0.2) is 4.79 Å². The highest BCUT2D eigenvalue weighted by Gasteiger charge is 2.22. The Bertz CT molecular complexity index is 759. The Morgan fingerprint density at radius 3 is 2.68 bits per heavy atom. The molecule has 2 aromatic rings. The quantitative estimate of drug-likeness (QED) is 0.754. The molecule has 2 heterocycles. The van der Waals surface area contributed by atoms with Gasteiger partial charge in [-0.2, -0.15) is 4.98 Å². The maximum absolute atomic E-state index is 11.7. The zero-order chi connectivity index (χ0) is 20.0. The molecular weight excluding hydrogens is 356 g/mol. The molecule has 3 rings (SSSR count). The first-order valence-electron chi connectivity index (χ1n) is 9.99. The summed E-state index contributed by atoms with van der Waals surface area (Å²) in [4.78, 5) is 16.2. The van der Waals surface area contributed by atoms with Gasteiger partial charge in [0.15, 0.2) is 5.82 Å². The summed E-state index contributed by atoms with van der Waals surface area (Å²) in [7, 11) is 0. The van der Waals surface area contributed by atoms with Gasteiger partial charge in [0.1, 0.15) is 5.60 Å². The van der Waals surface area contributed by atoms with Crippen LogP contribution in [-0.4, -0.2) is 28.4 Å². The third-order valence-electron chi connectivity index (χ3n) is 4.57. The average Bonchev–Trinajstić information content (AvgIpc) is 3.31. The molecule has 7 nitrogen and oxygen atoms in total. The van der Waals surface area contributed by atoms with Gasteiger partial charge >= 0.3 is 6.09 Å². The molecule has 152 valence electrons. The molecule has 0 saturated carbocycles. The van der Waals surface area contributed by atoms with E-state index in [-0.39, 0.29) is 6.04 Å². The summed E-state index contributed by atoms with van der Waals surface area (Å²) >= 11 is 0. The molecular formula is C21H30N4O3. The number of nitrogens with one attached hydrogen (secondary N) is 2. The van der Waals surface area contributed by atoms with Crippen molar-refractivity contribution in [3.05, 3.63) is 47.1 Å². The van der Waals surface area contributed by atoms with E-state index in [0.29, 0.717) is 12.4 Å². The van der Waals surface area contributed by atoms with E-state index in [1.165, 1.54) is 5.56 Å². The van der Waals surface area contributed by atoms with Crippen LogP contribution < -0.4 is 10.6 Å². The van der Waals surface area contributed by atoms with Crippen LogP contribution in [0.4, 0.5) is 4.79 Å². The normalized spacial score (nSPS) is 16.9. The van der Waals surface area contributed by atoms with Crippen LogP contribution in [0, 0.1) is 0 Å². The molecule has 1 aliphatic rings. The number of aryl methyl sites for hydroxylation is 2. The molecule has 28 heavy (non-hydrogen) atoms. The molecule has 1 saturated heterocycles. The molecule has 1 amide bonds. The Morgan fingerprint density at radius 2 is 2.00 bits per heavy atom. The van der Waals surface area contributed by atoms with Crippen LogP contribution in [0.15, 0.2) is 28.8 Å². The zero-order valence-corrected chi connectivity index (χ0v) is 17.0. The van der Waals surface area contributed by atoms with Gasteiger partial charge in [0, 0.05) is 13.0 Å². The van der Waals surface area contributed by atoms with Crippen molar-refractivity contribution >= 4 is 6.09 Å². The summed E-state index contributed by atoms with van der Waals surface area (Å²) in [5.74, 6) is 1.50. The van der Waals surface area contributed by atoms with Gasteiger partial charge in [-0.1, -0.05) is 29.4 Å². The minimum atomic E-state index is -0.485. The van der Waals surface area contributed by atoms with E-state index in [9.17, 15) is 4.79 Å². The number of rotatable bonds is 7. The van der Waals surface area contributed by atoms with E-state index in [4.69, 9.17) is 9.26 Å². The van der Waals surface area contributed by atoms with Crippen molar-refractivity contribution in [1.29, 1.82) is 0 Å². The van der Waals surface area contributed by atoms with Crippen molar-refractivity contribution in [2.45, 2.75) is 71.1 Å². The predicted molar refractivity (Wildman–Crippen MR) is 106 cm³/mol. The van der Waals surface area contributed by atoms with Crippen molar-refractivity contribution in [2.24, 2.45) is 0 Å². The first kappa shape index (κ1) is 20.3. The Morgan fingerprint density at radius 1 is 1.25 bits per heavy atom. The Labute approximate surface area is 166 Å². The van der Waals surface area contributed by atoms with Gasteiger partial charge in [-0.05, 0) is 64.1 Å². The van der Waals surface area contributed by atoms with Crippen LogP contribution >= 0.6 is 0 Å². The molecule has 0 radical (unpaired) electrons. The Kier molecular flexibility index (Phi) is 6.67. The number of carbonyl (C=O) groups excluding carboxylic acids is 1. The molecule has 1 aliphatic heterocycles. The van der Waals surface area contributed by atoms with Gasteiger partial charge in [-0.3, -0.25) is 0 Å². The number of amides is 1. The molecule has 0 unspecified atom stereocenters. The fourth-order valence-electron chi connectivity index (χ4n) is 3.17. The van der Waals surface area contributed by atoms with Crippen LogP contribution in [0.2, 0.25) is 0 Å². The molecule has 1 atom stereocenters. The molecule has 0 spiro atoms. The molecule has 0 aliphatic carbocycles. The van der Waals surface area contributed by atoms with E-state index < -0.39 is 11.7 Å². The lowest BCUT2D eigenvalue weighted by molar-refractivity contribution is 0.0523. The SMILES string of the molecule is CC(C)(C)OC(=O)NCc1ccc(CCCc2noc([C@@H]3CCCN3)n2)cc1. The average molecular weight is 386 g/mol. The van der Waals surface area contributed by atoms with Crippen LogP contribution in [0.3, 0.4) is 0 Å². The van der Waals surface area contributed by atoms with Crippen molar-refractivity contribution < 1.29 is 14.1 Å². The molecule has 1 aromatic carbocycles.